The maximum absolute atomic E-state index is 12.4. The van der Waals surface area contributed by atoms with Crippen LogP contribution in [0.15, 0.2) is 65.6 Å². The molecule has 148 valence electrons. The first kappa shape index (κ1) is 20.4. The molecule has 3 aromatic rings. The summed E-state index contributed by atoms with van der Waals surface area (Å²) in [5.74, 6) is -0.591. The van der Waals surface area contributed by atoms with Gasteiger partial charge in [0.15, 0.2) is 0 Å². The van der Waals surface area contributed by atoms with E-state index in [2.05, 4.69) is 10.6 Å². The maximum Gasteiger partial charge on any atom is 0.255 e. The number of hydrogen-bond acceptors (Lipinski definition) is 3. The third kappa shape index (κ3) is 5.33. The lowest BCUT2D eigenvalue weighted by Gasteiger charge is -2.10. The lowest BCUT2D eigenvalue weighted by atomic mass is 10.1. The second kappa shape index (κ2) is 8.75. The Bertz CT molecular complexity index is 1120. The molecule has 0 fully saturated rings. The first-order chi connectivity index (χ1) is 13.8. The standard InChI is InChI=1S/C22H20ClN3O3/c1-14-3-10-21(28)26(12-14)13-20(27)24-18-7-4-16(5-8-18)22(29)25-19-9-6-17(23)11-15(19)2/h3-12H,13H2,1-2H3,(H,24,27)(H,25,29). The number of benzene rings is 2. The Morgan fingerprint density at radius 1 is 0.966 bits per heavy atom. The van der Waals surface area contributed by atoms with E-state index in [4.69, 9.17) is 11.6 Å². The highest BCUT2D eigenvalue weighted by atomic mass is 35.5. The Morgan fingerprint density at radius 2 is 1.69 bits per heavy atom. The molecule has 1 aromatic heterocycles. The summed E-state index contributed by atoms with van der Waals surface area (Å²) in [5, 5.41) is 6.16. The monoisotopic (exact) mass is 409 g/mol. The molecular weight excluding hydrogens is 390 g/mol. The van der Waals surface area contributed by atoms with Gasteiger partial charge in [-0.15, -0.1) is 0 Å². The Labute approximate surface area is 173 Å². The van der Waals surface area contributed by atoms with Gasteiger partial charge in [0.1, 0.15) is 6.54 Å². The highest BCUT2D eigenvalue weighted by Crippen LogP contribution is 2.20. The zero-order chi connectivity index (χ0) is 21.0. The Hall–Kier alpha value is -3.38. The number of amides is 2. The smallest absolute Gasteiger partial charge is 0.255 e. The van der Waals surface area contributed by atoms with E-state index in [0.717, 1.165) is 11.1 Å². The highest BCUT2D eigenvalue weighted by molar-refractivity contribution is 6.30. The second-order valence-electron chi connectivity index (χ2n) is 6.71. The van der Waals surface area contributed by atoms with Crippen molar-refractivity contribution in [3.63, 3.8) is 0 Å². The van der Waals surface area contributed by atoms with Crippen LogP contribution >= 0.6 is 11.6 Å². The maximum atomic E-state index is 12.4. The Morgan fingerprint density at radius 3 is 2.38 bits per heavy atom. The van der Waals surface area contributed by atoms with Gasteiger partial charge < -0.3 is 15.2 Å². The number of nitrogens with zero attached hydrogens (tertiary/aromatic N) is 1. The molecule has 7 heteroatoms. The lowest BCUT2D eigenvalue weighted by Crippen LogP contribution is -2.26. The first-order valence-electron chi connectivity index (χ1n) is 8.96. The van der Waals surface area contributed by atoms with Crippen LogP contribution < -0.4 is 16.2 Å². The highest BCUT2D eigenvalue weighted by Gasteiger charge is 2.10. The first-order valence-corrected chi connectivity index (χ1v) is 9.34. The predicted molar refractivity (Wildman–Crippen MR) is 115 cm³/mol. The minimum Gasteiger partial charge on any atom is -0.325 e. The fraction of sp³-hybridized carbons (Fsp3) is 0.136. The number of anilines is 2. The number of aryl methyl sites for hydroxylation is 2. The molecular formula is C22H20ClN3O3. The molecule has 6 nitrogen and oxygen atoms in total. The molecule has 0 aliphatic carbocycles. The van der Waals surface area contributed by atoms with Crippen LogP contribution in [0.2, 0.25) is 5.02 Å². The third-order valence-electron chi connectivity index (χ3n) is 4.31. The molecule has 2 amide bonds. The zero-order valence-corrected chi connectivity index (χ0v) is 16.8. The van der Waals surface area contributed by atoms with Crippen molar-refractivity contribution in [2.75, 3.05) is 10.6 Å². The minimum absolute atomic E-state index is 0.0847. The molecule has 0 atom stereocenters. The number of pyridine rings is 1. The molecule has 29 heavy (non-hydrogen) atoms. The molecule has 0 bridgehead atoms. The Balaban J connectivity index is 1.63. The number of hydrogen-bond donors (Lipinski definition) is 2. The van der Waals surface area contributed by atoms with E-state index in [1.807, 2.05) is 13.8 Å². The molecule has 0 saturated heterocycles. The van der Waals surface area contributed by atoms with Crippen molar-refractivity contribution in [1.29, 1.82) is 0 Å². The largest absolute Gasteiger partial charge is 0.325 e. The van der Waals surface area contributed by atoms with Crippen molar-refractivity contribution in [1.82, 2.24) is 4.57 Å². The molecule has 0 spiro atoms. The van der Waals surface area contributed by atoms with E-state index in [9.17, 15) is 14.4 Å². The molecule has 0 radical (unpaired) electrons. The number of carbonyl (C=O) groups is 2. The van der Waals surface area contributed by atoms with Crippen molar-refractivity contribution in [3.05, 3.63) is 92.9 Å². The summed E-state index contributed by atoms with van der Waals surface area (Å²) in [6.07, 6.45) is 1.63. The van der Waals surface area contributed by atoms with Crippen molar-refractivity contribution in [3.8, 4) is 0 Å². The molecule has 0 saturated carbocycles. The van der Waals surface area contributed by atoms with Gasteiger partial charge in [0.25, 0.3) is 11.5 Å². The fourth-order valence-corrected chi connectivity index (χ4v) is 3.02. The number of nitrogens with one attached hydrogen (secondary N) is 2. The topological polar surface area (TPSA) is 80.2 Å². The van der Waals surface area contributed by atoms with Gasteiger partial charge in [-0.25, -0.2) is 0 Å². The van der Waals surface area contributed by atoms with Gasteiger partial charge in [-0.3, -0.25) is 14.4 Å². The number of halogens is 1. The van der Waals surface area contributed by atoms with Crippen LogP contribution in [-0.4, -0.2) is 16.4 Å². The predicted octanol–water partition coefficient (Wildman–Crippen LogP) is 4.01. The van der Waals surface area contributed by atoms with Crippen molar-refractivity contribution < 1.29 is 9.59 Å². The van der Waals surface area contributed by atoms with Gasteiger partial charge >= 0.3 is 0 Å². The van der Waals surface area contributed by atoms with Crippen LogP contribution in [0.5, 0.6) is 0 Å². The molecule has 3 rings (SSSR count). The van der Waals surface area contributed by atoms with Gasteiger partial charge in [-0.05, 0) is 67.4 Å². The van der Waals surface area contributed by atoms with E-state index in [1.54, 1.807) is 54.7 Å². The summed E-state index contributed by atoms with van der Waals surface area (Å²) in [4.78, 5) is 36.4. The van der Waals surface area contributed by atoms with Gasteiger partial charge in [0, 0.05) is 34.2 Å². The molecule has 0 unspecified atom stereocenters. The molecule has 0 aliphatic rings. The number of aromatic nitrogens is 1. The van der Waals surface area contributed by atoms with Crippen molar-refractivity contribution in [2.45, 2.75) is 20.4 Å². The second-order valence-corrected chi connectivity index (χ2v) is 7.15. The van der Waals surface area contributed by atoms with E-state index in [-0.39, 0.29) is 23.9 Å². The van der Waals surface area contributed by atoms with Gasteiger partial charge in [-0.2, -0.15) is 0 Å². The van der Waals surface area contributed by atoms with Gasteiger partial charge in [0.2, 0.25) is 5.91 Å². The minimum atomic E-state index is -0.327. The third-order valence-corrected chi connectivity index (χ3v) is 4.55. The van der Waals surface area contributed by atoms with E-state index < -0.39 is 0 Å². The summed E-state index contributed by atoms with van der Waals surface area (Å²) in [6, 6.07) is 14.9. The number of carbonyl (C=O) groups excluding carboxylic acids is 2. The lowest BCUT2D eigenvalue weighted by molar-refractivity contribution is -0.116. The molecule has 1 heterocycles. The van der Waals surface area contributed by atoms with Crippen molar-refractivity contribution >= 4 is 34.8 Å². The Kier molecular flexibility index (Phi) is 6.14. The summed E-state index contributed by atoms with van der Waals surface area (Å²) in [5.41, 5.74) is 3.18. The van der Waals surface area contributed by atoms with Crippen molar-refractivity contribution in [2.24, 2.45) is 0 Å². The SMILES string of the molecule is Cc1ccc(=O)n(CC(=O)Nc2ccc(C(=O)Nc3ccc(Cl)cc3C)cc2)c1. The summed E-state index contributed by atoms with van der Waals surface area (Å²) in [6.45, 7) is 3.63. The van der Waals surface area contributed by atoms with Crippen LogP contribution in [0.1, 0.15) is 21.5 Å². The van der Waals surface area contributed by atoms with E-state index in [0.29, 0.717) is 22.0 Å². The van der Waals surface area contributed by atoms with Crippen LogP contribution in [0.3, 0.4) is 0 Å². The van der Waals surface area contributed by atoms with E-state index in [1.165, 1.54) is 10.6 Å². The number of rotatable bonds is 5. The van der Waals surface area contributed by atoms with Gasteiger partial charge in [-0.1, -0.05) is 17.7 Å². The average molecular weight is 410 g/mol. The summed E-state index contributed by atoms with van der Waals surface area (Å²) >= 11 is 5.93. The molecule has 2 N–H and O–H groups in total. The molecule has 2 aromatic carbocycles. The average Bonchev–Trinajstić information content (AvgIpc) is 2.67. The van der Waals surface area contributed by atoms with Crippen LogP contribution in [-0.2, 0) is 11.3 Å². The normalized spacial score (nSPS) is 10.4. The van der Waals surface area contributed by atoms with Crippen LogP contribution in [0.4, 0.5) is 11.4 Å². The van der Waals surface area contributed by atoms with Crippen LogP contribution in [0, 0.1) is 13.8 Å². The zero-order valence-electron chi connectivity index (χ0n) is 16.0. The van der Waals surface area contributed by atoms with Gasteiger partial charge in [0.05, 0.1) is 0 Å². The fourth-order valence-electron chi connectivity index (χ4n) is 2.80. The summed E-state index contributed by atoms with van der Waals surface area (Å²) < 4.78 is 1.35. The van der Waals surface area contributed by atoms with Crippen LogP contribution in [0.25, 0.3) is 0 Å². The quantitative estimate of drug-likeness (QED) is 0.668. The summed E-state index contributed by atoms with van der Waals surface area (Å²) in [7, 11) is 0. The van der Waals surface area contributed by atoms with E-state index >= 15 is 0 Å². The molecule has 0 aliphatic heterocycles.